The van der Waals surface area contributed by atoms with Crippen LogP contribution in [-0.4, -0.2) is 59.4 Å². The van der Waals surface area contributed by atoms with Gasteiger partial charge in [-0.3, -0.25) is 4.79 Å². The van der Waals surface area contributed by atoms with E-state index in [9.17, 15) is 4.79 Å². The fourth-order valence-corrected chi connectivity index (χ4v) is 4.07. The summed E-state index contributed by atoms with van der Waals surface area (Å²) < 4.78 is 11.5. The lowest BCUT2D eigenvalue weighted by Gasteiger charge is -2.37. The van der Waals surface area contributed by atoms with Crippen LogP contribution in [0, 0.1) is 13.8 Å². The molecule has 29 heavy (non-hydrogen) atoms. The lowest BCUT2D eigenvalue weighted by molar-refractivity contribution is -0.181. The van der Waals surface area contributed by atoms with E-state index in [2.05, 4.69) is 46.9 Å². The van der Waals surface area contributed by atoms with Crippen LogP contribution in [0.3, 0.4) is 0 Å². The molecule has 2 fully saturated rings. The number of benzene rings is 1. The number of carbonyl (C=O) groups is 1. The van der Waals surface area contributed by atoms with Crippen molar-refractivity contribution >= 4 is 17.4 Å². The van der Waals surface area contributed by atoms with Gasteiger partial charge in [0.05, 0.1) is 13.2 Å². The van der Waals surface area contributed by atoms with E-state index < -0.39 is 5.79 Å². The van der Waals surface area contributed by atoms with Gasteiger partial charge in [-0.25, -0.2) is 9.97 Å². The summed E-state index contributed by atoms with van der Waals surface area (Å²) in [7, 11) is 0. The van der Waals surface area contributed by atoms with E-state index in [-0.39, 0.29) is 5.91 Å². The Labute approximate surface area is 171 Å². The van der Waals surface area contributed by atoms with Crippen molar-refractivity contribution in [2.75, 3.05) is 37.7 Å². The molecule has 0 unspecified atom stereocenters. The summed E-state index contributed by atoms with van der Waals surface area (Å²) >= 11 is 0. The van der Waals surface area contributed by atoms with Gasteiger partial charge in [-0.05, 0) is 38.5 Å². The van der Waals surface area contributed by atoms with Crippen LogP contribution in [0.15, 0.2) is 30.3 Å². The first-order valence-electron chi connectivity index (χ1n) is 10.3. The second-order valence-corrected chi connectivity index (χ2v) is 7.64. The highest BCUT2D eigenvalue weighted by Crippen LogP contribution is 2.32. The van der Waals surface area contributed by atoms with Crippen molar-refractivity contribution < 1.29 is 14.3 Å². The largest absolute Gasteiger partial charge is 0.347 e. The molecule has 0 N–H and O–H groups in total. The molecule has 1 aromatic heterocycles. The molecule has 0 aliphatic carbocycles. The number of nitrogens with zero attached hydrogens (tertiary/aromatic N) is 4. The van der Waals surface area contributed by atoms with Gasteiger partial charge >= 0.3 is 0 Å². The Balaban J connectivity index is 1.55. The van der Waals surface area contributed by atoms with E-state index in [1.54, 1.807) is 6.07 Å². The molecule has 2 saturated heterocycles. The highest BCUT2D eigenvalue weighted by Gasteiger charge is 2.41. The monoisotopic (exact) mass is 396 g/mol. The van der Waals surface area contributed by atoms with Crippen molar-refractivity contribution in [3.8, 4) is 0 Å². The zero-order valence-electron chi connectivity index (χ0n) is 17.4. The van der Waals surface area contributed by atoms with Gasteiger partial charge in [0.25, 0.3) is 5.91 Å². The molecular formula is C22H28N4O3. The van der Waals surface area contributed by atoms with Gasteiger partial charge < -0.3 is 19.3 Å². The molecule has 3 heterocycles. The van der Waals surface area contributed by atoms with Gasteiger partial charge in [0.2, 0.25) is 0 Å². The molecule has 2 aromatic rings. The number of likely N-dealkylation sites (tertiary alicyclic amines) is 1. The number of rotatable bonds is 4. The van der Waals surface area contributed by atoms with E-state index in [1.165, 1.54) is 5.56 Å². The summed E-state index contributed by atoms with van der Waals surface area (Å²) in [6.07, 6.45) is 1.39. The Kier molecular flexibility index (Phi) is 5.52. The fourth-order valence-electron chi connectivity index (χ4n) is 4.07. The lowest BCUT2D eigenvalue weighted by atomic mass is 10.0. The Bertz CT molecular complexity index is 885. The van der Waals surface area contributed by atoms with Crippen LogP contribution in [-0.2, 0) is 9.47 Å². The molecule has 0 radical (unpaired) electrons. The van der Waals surface area contributed by atoms with Crippen molar-refractivity contribution in [1.82, 2.24) is 14.9 Å². The summed E-state index contributed by atoms with van der Waals surface area (Å²) in [5, 5.41) is 0. The van der Waals surface area contributed by atoms with Gasteiger partial charge in [0.1, 0.15) is 17.3 Å². The summed E-state index contributed by atoms with van der Waals surface area (Å²) in [4.78, 5) is 26.1. The molecule has 154 valence electrons. The normalized spacial score (nSPS) is 18.2. The maximum Gasteiger partial charge on any atom is 0.272 e. The number of hydrogen-bond donors (Lipinski definition) is 0. The molecular weight excluding hydrogens is 368 g/mol. The summed E-state index contributed by atoms with van der Waals surface area (Å²) in [6, 6.07) is 10.1. The van der Waals surface area contributed by atoms with Crippen molar-refractivity contribution in [3.05, 3.63) is 47.4 Å². The van der Waals surface area contributed by atoms with Crippen LogP contribution in [0.25, 0.3) is 0 Å². The fraction of sp³-hybridized carbons (Fsp3) is 0.500. The van der Waals surface area contributed by atoms with Crippen LogP contribution in [0.2, 0.25) is 0 Å². The van der Waals surface area contributed by atoms with Crippen molar-refractivity contribution in [1.29, 1.82) is 0 Å². The topological polar surface area (TPSA) is 67.8 Å². The van der Waals surface area contributed by atoms with Crippen LogP contribution >= 0.6 is 0 Å². The number of aromatic nitrogens is 2. The average molecular weight is 396 g/mol. The van der Waals surface area contributed by atoms with E-state index in [4.69, 9.17) is 9.47 Å². The highest BCUT2D eigenvalue weighted by atomic mass is 16.7. The average Bonchev–Trinajstić information content (AvgIpc) is 3.16. The third-order valence-corrected chi connectivity index (χ3v) is 5.58. The van der Waals surface area contributed by atoms with Crippen LogP contribution < -0.4 is 4.90 Å². The first-order chi connectivity index (χ1) is 14.0. The standard InChI is InChI=1S/C22H28N4O3/c1-4-26(18-7-5-6-16(2)14-18)20-15-19(23-17(3)24-20)21(27)25-10-8-22(9-11-25)28-12-13-29-22/h5-7,14-15H,4,8-13H2,1-3H3. The van der Waals surface area contributed by atoms with Gasteiger partial charge in [0.15, 0.2) is 5.79 Å². The third kappa shape index (κ3) is 4.11. The smallest absolute Gasteiger partial charge is 0.272 e. The summed E-state index contributed by atoms with van der Waals surface area (Å²) in [6.45, 7) is 9.19. The van der Waals surface area contributed by atoms with E-state index in [1.807, 2.05) is 17.9 Å². The van der Waals surface area contributed by atoms with Crippen molar-refractivity contribution in [2.24, 2.45) is 0 Å². The SMILES string of the molecule is CCN(c1cccc(C)c1)c1cc(C(=O)N2CCC3(CC2)OCCO3)nc(C)n1. The van der Waals surface area contributed by atoms with Gasteiger partial charge in [-0.1, -0.05) is 12.1 Å². The number of aryl methyl sites for hydroxylation is 2. The van der Waals surface area contributed by atoms with E-state index in [0.29, 0.717) is 50.7 Å². The Morgan fingerprint density at radius 2 is 1.86 bits per heavy atom. The van der Waals surface area contributed by atoms with Gasteiger partial charge in [-0.15, -0.1) is 0 Å². The molecule has 4 rings (SSSR count). The minimum absolute atomic E-state index is 0.0649. The molecule has 1 spiro atoms. The van der Waals surface area contributed by atoms with Crippen LogP contribution in [0.4, 0.5) is 11.5 Å². The first-order valence-corrected chi connectivity index (χ1v) is 10.3. The highest BCUT2D eigenvalue weighted by molar-refractivity contribution is 5.93. The van der Waals surface area contributed by atoms with Crippen LogP contribution in [0.5, 0.6) is 0 Å². The molecule has 2 aliphatic rings. The molecule has 7 nitrogen and oxygen atoms in total. The van der Waals surface area contributed by atoms with Gasteiger partial charge in [0, 0.05) is 44.2 Å². The third-order valence-electron chi connectivity index (χ3n) is 5.58. The molecule has 0 atom stereocenters. The molecule has 1 amide bonds. The molecule has 0 saturated carbocycles. The minimum atomic E-state index is -0.492. The molecule has 1 aromatic carbocycles. The quantitative estimate of drug-likeness (QED) is 0.790. The predicted molar refractivity (Wildman–Crippen MR) is 110 cm³/mol. The second kappa shape index (κ2) is 8.08. The van der Waals surface area contributed by atoms with Crippen LogP contribution in [0.1, 0.15) is 41.6 Å². The number of carbonyl (C=O) groups excluding carboxylic acids is 1. The number of hydrogen-bond acceptors (Lipinski definition) is 6. The molecule has 7 heteroatoms. The van der Waals surface area contributed by atoms with E-state index in [0.717, 1.165) is 18.1 Å². The number of piperidine rings is 1. The van der Waals surface area contributed by atoms with Crippen molar-refractivity contribution in [2.45, 2.75) is 39.4 Å². The van der Waals surface area contributed by atoms with E-state index >= 15 is 0 Å². The minimum Gasteiger partial charge on any atom is -0.347 e. The Hall–Kier alpha value is -2.51. The molecule has 2 aliphatic heterocycles. The maximum absolute atomic E-state index is 13.1. The zero-order valence-corrected chi connectivity index (χ0v) is 17.4. The first kappa shape index (κ1) is 19.8. The summed E-state index contributed by atoms with van der Waals surface area (Å²) in [5.74, 6) is 0.774. The van der Waals surface area contributed by atoms with Gasteiger partial charge in [-0.2, -0.15) is 0 Å². The predicted octanol–water partition coefficient (Wildman–Crippen LogP) is 3.23. The number of amides is 1. The number of anilines is 2. The van der Waals surface area contributed by atoms with Crippen molar-refractivity contribution in [3.63, 3.8) is 0 Å². The number of ether oxygens (including phenoxy) is 2. The summed E-state index contributed by atoms with van der Waals surface area (Å²) in [5.41, 5.74) is 2.67. The zero-order chi connectivity index (χ0) is 20.4. The molecule has 0 bridgehead atoms. The second-order valence-electron chi connectivity index (χ2n) is 7.64. The maximum atomic E-state index is 13.1. The Morgan fingerprint density at radius 1 is 1.14 bits per heavy atom. The Morgan fingerprint density at radius 3 is 2.52 bits per heavy atom. The lowest BCUT2D eigenvalue weighted by Crippen LogP contribution is -2.47.